The second kappa shape index (κ2) is 5.63. The normalized spacial score (nSPS) is 31.9. The number of likely N-dealkylation sites (N-methyl/N-ethyl adjacent to an activating group) is 1. The van der Waals surface area contributed by atoms with Crippen molar-refractivity contribution in [2.45, 2.75) is 5.92 Å². The van der Waals surface area contributed by atoms with Gasteiger partial charge in [0.15, 0.2) is 5.41 Å². The molecule has 2 N–H and O–H groups in total. The van der Waals surface area contributed by atoms with Gasteiger partial charge in [0, 0.05) is 16.7 Å². The summed E-state index contributed by atoms with van der Waals surface area (Å²) in [7, 11) is 2.07. The predicted molar refractivity (Wildman–Crippen MR) is 85.7 cm³/mol. The molecule has 1 aliphatic carbocycles. The lowest BCUT2D eigenvalue weighted by atomic mass is 9.55. The first-order valence-electron chi connectivity index (χ1n) is 7.44. The first-order valence-corrected chi connectivity index (χ1v) is 8.32. The van der Waals surface area contributed by atoms with Crippen LogP contribution >= 0.6 is 11.3 Å². The summed E-state index contributed by atoms with van der Waals surface area (Å²) in [5, 5.41) is 39.5. The highest BCUT2D eigenvalue weighted by Gasteiger charge is 2.58. The molecule has 1 aromatic heterocycles. The molecule has 0 aromatic carbocycles. The maximum atomic E-state index is 9.81. The van der Waals surface area contributed by atoms with Gasteiger partial charge in [-0.25, -0.2) is 0 Å². The van der Waals surface area contributed by atoms with Crippen molar-refractivity contribution in [3.05, 3.63) is 34.0 Å². The molecule has 2 heterocycles. The van der Waals surface area contributed by atoms with Crippen LogP contribution in [0.1, 0.15) is 10.8 Å². The van der Waals surface area contributed by atoms with Gasteiger partial charge in [-0.15, -0.1) is 11.3 Å². The number of fused-ring (bicyclic) bond motifs is 1. The van der Waals surface area contributed by atoms with Gasteiger partial charge in [-0.3, -0.25) is 0 Å². The molecule has 3 rings (SSSR count). The number of hydrogen-bond donors (Lipinski definition) is 2. The zero-order chi connectivity index (χ0) is 16.6. The Kier molecular flexibility index (Phi) is 3.78. The van der Waals surface area contributed by atoms with Crippen molar-refractivity contribution in [2.24, 2.45) is 17.3 Å². The minimum absolute atomic E-state index is 0.0551. The summed E-state index contributed by atoms with van der Waals surface area (Å²) in [6.45, 7) is 1.57. The fraction of sp³-hybridized carbons (Fsp3) is 0.412. The summed E-state index contributed by atoms with van der Waals surface area (Å²) < 4.78 is 0. The Labute approximate surface area is 139 Å². The van der Waals surface area contributed by atoms with Crippen LogP contribution in [0.2, 0.25) is 0 Å². The summed E-state index contributed by atoms with van der Waals surface area (Å²) in [4.78, 5) is 2.23. The van der Waals surface area contributed by atoms with Crippen LogP contribution in [0.4, 0.5) is 0 Å². The van der Waals surface area contributed by atoms with Gasteiger partial charge in [0.1, 0.15) is 5.92 Å². The van der Waals surface area contributed by atoms with E-state index in [4.69, 9.17) is 5.41 Å². The smallest absolute Gasteiger partial charge is 0.190 e. The molecule has 1 fully saturated rings. The second-order valence-corrected chi connectivity index (χ2v) is 7.16. The topological polar surface area (TPSA) is 99.7 Å². The maximum Gasteiger partial charge on any atom is 0.190 e. The molecule has 0 saturated heterocycles. The quantitative estimate of drug-likeness (QED) is 0.757. The van der Waals surface area contributed by atoms with Gasteiger partial charge in [0.2, 0.25) is 0 Å². The maximum absolute atomic E-state index is 9.81. The zero-order valence-electron chi connectivity index (χ0n) is 12.7. The van der Waals surface area contributed by atoms with Crippen LogP contribution < -0.4 is 4.90 Å². The van der Waals surface area contributed by atoms with Gasteiger partial charge in [0.05, 0.1) is 44.1 Å². The minimum atomic E-state index is -1.56. The van der Waals surface area contributed by atoms with Crippen molar-refractivity contribution in [2.75, 3.05) is 20.1 Å². The molecule has 6 heteroatoms. The third-order valence-electron chi connectivity index (χ3n) is 4.93. The minimum Gasteiger partial charge on any atom is -0.334 e. The van der Waals surface area contributed by atoms with Crippen LogP contribution in [0.3, 0.4) is 0 Å². The lowest BCUT2D eigenvalue weighted by Crippen LogP contribution is -3.10. The number of thiophene rings is 1. The highest BCUT2D eigenvalue weighted by Crippen LogP contribution is 2.53. The number of nitrogens with zero attached hydrogens (tertiary/aromatic N) is 3. The molecule has 0 spiro atoms. The van der Waals surface area contributed by atoms with Crippen molar-refractivity contribution < 1.29 is 4.90 Å². The Bertz CT molecular complexity index is 772. The Morgan fingerprint density at radius 3 is 2.65 bits per heavy atom. The molecule has 1 aliphatic heterocycles. The molecule has 4 atom stereocenters. The largest absolute Gasteiger partial charge is 0.334 e. The monoisotopic (exact) mass is 322 g/mol. The molecule has 23 heavy (non-hydrogen) atoms. The molecular formula is C17H16N5S+. The summed E-state index contributed by atoms with van der Waals surface area (Å²) in [6, 6.07) is 10.2. The molecule has 1 aromatic rings. The van der Waals surface area contributed by atoms with E-state index in [0.717, 1.165) is 23.5 Å². The number of hydrogen-bond acceptors (Lipinski definition) is 5. The molecule has 0 bridgehead atoms. The molecular weight excluding hydrogens is 306 g/mol. The second-order valence-electron chi connectivity index (χ2n) is 6.18. The third-order valence-corrected chi connectivity index (χ3v) is 5.89. The van der Waals surface area contributed by atoms with E-state index in [0.29, 0.717) is 0 Å². The highest BCUT2D eigenvalue weighted by atomic mass is 32.1. The Morgan fingerprint density at radius 1 is 1.35 bits per heavy atom. The van der Waals surface area contributed by atoms with Crippen LogP contribution in [0, 0.1) is 56.7 Å². The summed E-state index contributed by atoms with van der Waals surface area (Å²) in [5.74, 6) is -1.19. The number of rotatable bonds is 1. The lowest BCUT2D eigenvalue weighted by molar-refractivity contribution is -0.878. The van der Waals surface area contributed by atoms with E-state index in [2.05, 4.69) is 25.3 Å². The Morgan fingerprint density at radius 2 is 2.09 bits per heavy atom. The molecule has 0 radical (unpaired) electrons. The number of quaternary nitrogens is 1. The first-order chi connectivity index (χ1) is 11.1. The fourth-order valence-corrected chi connectivity index (χ4v) is 4.79. The zero-order valence-corrected chi connectivity index (χ0v) is 13.5. The summed E-state index contributed by atoms with van der Waals surface area (Å²) >= 11 is 1.51. The van der Waals surface area contributed by atoms with Crippen LogP contribution in [-0.4, -0.2) is 25.8 Å². The van der Waals surface area contributed by atoms with Gasteiger partial charge < -0.3 is 10.3 Å². The van der Waals surface area contributed by atoms with E-state index in [1.807, 2.05) is 23.6 Å². The number of nitriles is 3. The van der Waals surface area contributed by atoms with E-state index in [1.54, 1.807) is 0 Å². The predicted octanol–water partition coefficient (Wildman–Crippen LogP) is 1.11. The van der Waals surface area contributed by atoms with E-state index in [9.17, 15) is 15.8 Å². The van der Waals surface area contributed by atoms with Gasteiger partial charge >= 0.3 is 0 Å². The van der Waals surface area contributed by atoms with Gasteiger partial charge in [-0.05, 0) is 23.1 Å². The van der Waals surface area contributed by atoms with E-state index >= 15 is 0 Å². The molecule has 1 saturated carbocycles. The van der Waals surface area contributed by atoms with Gasteiger partial charge in [-0.2, -0.15) is 15.8 Å². The Hall–Kier alpha value is -2.46. The summed E-state index contributed by atoms with van der Waals surface area (Å²) in [5.41, 5.74) is -0.710. The van der Waals surface area contributed by atoms with Gasteiger partial charge in [0.25, 0.3) is 0 Å². The van der Waals surface area contributed by atoms with Crippen molar-refractivity contribution >= 4 is 17.0 Å². The summed E-state index contributed by atoms with van der Waals surface area (Å²) in [6.07, 6.45) is 2.03. The lowest BCUT2D eigenvalue weighted by Gasteiger charge is -2.45. The highest BCUT2D eigenvalue weighted by molar-refractivity contribution is 7.10. The van der Waals surface area contributed by atoms with Crippen LogP contribution in [0.25, 0.3) is 0 Å². The van der Waals surface area contributed by atoms with Gasteiger partial charge in [-0.1, -0.05) is 6.07 Å². The average molecular weight is 322 g/mol. The Balaban J connectivity index is 2.25. The van der Waals surface area contributed by atoms with Crippen molar-refractivity contribution in [3.8, 4) is 18.2 Å². The third kappa shape index (κ3) is 2.10. The van der Waals surface area contributed by atoms with Crippen molar-refractivity contribution in [3.63, 3.8) is 0 Å². The SMILES string of the molecule is C[NH+]1CC=C2C(C#N)C(=N)C(C#N)(C#N)[C@H](c3cccs3)[C@@H]2C1. The molecule has 114 valence electrons. The van der Waals surface area contributed by atoms with Crippen LogP contribution in [0.15, 0.2) is 29.2 Å². The van der Waals surface area contributed by atoms with Crippen molar-refractivity contribution in [1.29, 1.82) is 21.2 Å². The molecule has 5 nitrogen and oxygen atoms in total. The first kappa shape index (κ1) is 15.4. The van der Waals surface area contributed by atoms with Crippen LogP contribution in [0.5, 0.6) is 0 Å². The van der Waals surface area contributed by atoms with Crippen molar-refractivity contribution in [1.82, 2.24) is 0 Å². The van der Waals surface area contributed by atoms with E-state index in [-0.39, 0.29) is 17.5 Å². The molecule has 2 unspecified atom stereocenters. The average Bonchev–Trinajstić information content (AvgIpc) is 3.08. The number of nitrogens with one attached hydrogen (secondary N) is 2. The van der Waals surface area contributed by atoms with Crippen LogP contribution in [-0.2, 0) is 0 Å². The molecule has 2 aliphatic rings. The fourth-order valence-electron chi connectivity index (χ4n) is 3.83. The van der Waals surface area contributed by atoms with E-state index < -0.39 is 11.3 Å². The molecule has 0 amide bonds. The van der Waals surface area contributed by atoms with E-state index in [1.165, 1.54) is 16.2 Å². The standard InChI is InChI=1S/C17H15N5S/c1-22-5-4-11-12(7-18)16(21)17(9-19,10-20)15(13(11)8-22)14-3-2-6-23-14/h2-4,6,12-13,15,21H,5,8H2,1H3/p+1/t12?,13-,15+/m1/s1.